The molecule has 0 saturated carbocycles. The van der Waals surface area contributed by atoms with Crippen molar-refractivity contribution in [1.82, 2.24) is 20.9 Å². The van der Waals surface area contributed by atoms with Crippen LogP contribution in [0.15, 0.2) is 0 Å². The first kappa shape index (κ1) is 28.7. The fraction of sp³-hybridized carbons (Fsp3) is 0.800. The molecule has 5 atom stereocenters. The number of ether oxygens (including phenoxy) is 1. The number of amides is 4. The molecule has 4 amide bonds. The van der Waals surface area contributed by atoms with Crippen molar-refractivity contribution in [3.8, 4) is 0 Å². The quantitative estimate of drug-likeness (QED) is 0.345. The predicted molar refractivity (Wildman–Crippen MR) is 130 cm³/mol. The Morgan fingerprint density at radius 2 is 1.51 bits per heavy atom. The molecule has 10 heteroatoms. The summed E-state index contributed by atoms with van der Waals surface area (Å²) in [6, 6.07) is -3.01. The summed E-state index contributed by atoms with van der Waals surface area (Å²) >= 11 is 0. The van der Waals surface area contributed by atoms with Crippen LogP contribution in [0.1, 0.15) is 74.1 Å². The second-order valence-electron chi connectivity index (χ2n) is 10.9. The number of nitrogens with one attached hydrogen (secondary N) is 3. The molecule has 3 N–H and O–H groups in total. The average Bonchev–Trinajstić information content (AvgIpc) is 3.30. The first-order valence-corrected chi connectivity index (χ1v) is 12.6. The van der Waals surface area contributed by atoms with E-state index in [1.54, 1.807) is 13.8 Å². The number of ketones is 1. The Labute approximate surface area is 208 Å². The summed E-state index contributed by atoms with van der Waals surface area (Å²) in [5.41, 5.74) is -0.862. The van der Waals surface area contributed by atoms with Gasteiger partial charge in [-0.1, -0.05) is 27.7 Å². The zero-order chi connectivity index (χ0) is 26.5. The molecule has 10 nitrogen and oxygen atoms in total. The Kier molecular flexibility index (Phi) is 9.83. The summed E-state index contributed by atoms with van der Waals surface area (Å²) in [7, 11) is 0. The van der Waals surface area contributed by atoms with Crippen molar-refractivity contribution >= 4 is 29.4 Å². The molecule has 2 fully saturated rings. The van der Waals surface area contributed by atoms with Crippen LogP contribution in [0, 0.1) is 11.8 Å². The van der Waals surface area contributed by atoms with Gasteiger partial charge in [-0.25, -0.2) is 0 Å². The highest BCUT2D eigenvalue weighted by Crippen LogP contribution is 2.29. The van der Waals surface area contributed by atoms with Gasteiger partial charge >= 0.3 is 0 Å². The van der Waals surface area contributed by atoms with Crippen molar-refractivity contribution in [2.24, 2.45) is 11.8 Å². The second kappa shape index (κ2) is 12.0. The van der Waals surface area contributed by atoms with Crippen LogP contribution in [0.2, 0.25) is 0 Å². The highest BCUT2D eigenvalue weighted by Gasteiger charge is 2.50. The van der Waals surface area contributed by atoms with Crippen LogP contribution in [0.5, 0.6) is 0 Å². The molecule has 2 heterocycles. The first-order chi connectivity index (χ1) is 16.2. The molecule has 0 aliphatic carbocycles. The summed E-state index contributed by atoms with van der Waals surface area (Å²) in [4.78, 5) is 65.0. The zero-order valence-electron chi connectivity index (χ0n) is 22.1. The molecule has 35 heavy (non-hydrogen) atoms. The van der Waals surface area contributed by atoms with Crippen LogP contribution >= 0.6 is 0 Å². The third-order valence-corrected chi connectivity index (χ3v) is 6.41. The van der Waals surface area contributed by atoms with Crippen molar-refractivity contribution in [1.29, 1.82) is 0 Å². The molecular weight excluding hydrogens is 452 g/mol. The van der Waals surface area contributed by atoms with Crippen molar-refractivity contribution in [3.05, 3.63) is 0 Å². The van der Waals surface area contributed by atoms with Crippen molar-refractivity contribution in [2.45, 2.75) is 104 Å². The molecule has 2 saturated heterocycles. The second-order valence-corrected chi connectivity index (χ2v) is 10.9. The van der Waals surface area contributed by atoms with Gasteiger partial charge in [0.1, 0.15) is 23.7 Å². The van der Waals surface area contributed by atoms with Crippen LogP contribution in [-0.4, -0.2) is 77.2 Å². The van der Waals surface area contributed by atoms with Gasteiger partial charge in [0.15, 0.2) is 5.78 Å². The molecule has 0 bridgehead atoms. The maximum absolute atomic E-state index is 13.3. The van der Waals surface area contributed by atoms with Crippen molar-refractivity contribution < 1.29 is 28.7 Å². The summed E-state index contributed by atoms with van der Waals surface area (Å²) in [5.74, 6) is -1.36. The van der Waals surface area contributed by atoms with E-state index in [0.29, 0.717) is 38.8 Å². The Bertz CT molecular complexity index is 823. The summed E-state index contributed by atoms with van der Waals surface area (Å²) in [5, 5.41) is 8.25. The fourth-order valence-electron chi connectivity index (χ4n) is 4.48. The summed E-state index contributed by atoms with van der Waals surface area (Å²) in [6.07, 6.45) is 1.99. The molecule has 0 radical (unpaired) electrons. The van der Waals surface area contributed by atoms with Crippen LogP contribution in [0.4, 0.5) is 0 Å². The minimum atomic E-state index is -0.862. The van der Waals surface area contributed by atoms with E-state index in [9.17, 15) is 24.0 Å². The topological polar surface area (TPSA) is 137 Å². The Balaban J connectivity index is 2.12. The monoisotopic (exact) mass is 494 g/mol. The van der Waals surface area contributed by atoms with Gasteiger partial charge in [0.25, 0.3) is 0 Å². The van der Waals surface area contributed by atoms with Gasteiger partial charge < -0.3 is 25.6 Å². The Hall–Kier alpha value is -2.49. The molecule has 2 aliphatic rings. The SMILES string of the molecule is CC(=O)N[C@@H](C)C(=O)N1CCC[C@H]1C(=O)N[C@@H](CC(C)C)C(=O)N[C@@H](CC(C)C)C(=O)C1(C)CO1. The van der Waals surface area contributed by atoms with Gasteiger partial charge in [-0.2, -0.15) is 0 Å². The van der Waals surface area contributed by atoms with Gasteiger partial charge in [0.05, 0.1) is 12.6 Å². The number of hydrogen-bond acceptors (Lipinski definition) is 6. The van der Waals surface area contributed by atoms with E-state index in [2.05, 4.69) is 16.0 Å². The van der Waals surface area contributed by atoms with Crippen LogP contribution in [0.25, 0.3) is 0 Å². The molecule has 0 aromatic rings. The predicted octanol–water partition coefficient (Wildman–Crippen LogP) is 0.922. The van der Waals surface area contributed by atoms with Gasteiger partial charge in [-0.05, 0) is 51.4 Å². The van der Waals surface area contributed by atoms with Gasteiger partial charge in [0, 0.05) is 13.5 Å². The van der Waals surface area contributed by atoms with E-state index in [-0.39, 0.29) is 29.4 Å². The fourth-order valence-corrected chi connectivity index (χ4v) is 4.48. The largest absolute Gasteiger partial charge is 0.361 e. The van der Waals surface area contributed by atoms with Crippen LogP contribution in [0.3, 0.4) is 0 Å². The zero-order valence-corrected chi connectivity index (χ0v) is 22.1. The molecule has 0 spiro atoms. The van der Waals surface area contributed by atoms with Gasteiger partial charge in [-0.3, -0.25) is 24.0 Å². The van der Waals surface area contributed by atoms with E-state index in [1.165, 1.54) is 11.8 Å². The number of carbonyl (C=O) groups excluding carboxylic acids is 5. The third-order valence-electron chi connectivity index (χ3n) is 6.41. The van der Waals surface area contributed by atoms with E-state index in [0.717, 1.165) is 0 Å². The van der Waals surface area contributed by atoms with Crippen LogP contribution < -0.4 is 16.0 Å². The number of likely N-dealkylation sites (tertiary alicyclic amines) is 1. The number of carbonyl (C=O) groups is 5. The number of Topliss-reactive ketones (excluding diaryl/α,β-unsaturated/α-hetero) is 1. The number of epoxide rings is 1. The highest BCUT2D eigenvalue weighted by molar-refractivity contribution is 5.98. The Morgan fingerprint density at radius 3 is 2.03 bits per heavy atom. The van der Waals surface area contributed by atoms with Gasteiger partial charge in [0.2, 0.25) is 23.6 Å². The minimum absolute atomic E-state index is 0.107. The molecule has 2 rings (SSSR count). The lowest BCUT2D eigenvalue weighted by molar-refractivity contribution is -0.141. The van der Waals surface area contributed by atoms with E-state index >= 15 is 0 Å². The maximum Gasteiger partial charge on any atom is 0.245 e. The number of rotatable bonds is 12. The number of nitrogens with zero attached hydrogens (tertiary/aromatic N) is 1. The number of hydrogen-bond donors (Lipinski definition) is 3. The lowest BCUT2D eigenvalue weighted by atomic mass is 9.92. The van der Waals surface area contributed by atoms with E-state index in [1.807, 2.05) is 27.7 Å². The maximum atomic E-state index is 13.3. The molecule has 0 aromatic heterocycles. The van der Waals surface area contributed by atoms with E-state index < -0.39 is 41.6 Å². The molecular formula is C25H42N4O6. The smallest absolute Gasteiger partial charge is 0.245 e. The minimum Gasteiger partial charge on any atom is -0.361 e. The van der Waals surface area contributed by atoms with Gasteiger partial charge in [-0.15, -0.1) is 0 Å². The third kappa shape index (κ3) is 8.02. The summed E-state index contributed by atoms with van der Waals surface area (Å²) in [6.45, 7) is 13.2. The first-order valence-electron chi connectivity index (χ1n) is 12.6. The van der Waals surface area contributed by atoms with E-state index in [4.69, 9.17) is 4.74 Å². The molecule has 0 aromatic carbocycles. The van der Waals surface area contributed by atoms with Crippen molar-refractivity contribution in [2.75, 3.05) is 13.2 Å². The Morgan fingerprint density at radius 1 is 0.943 bits per heavy atom. The highest BCUT2D eigenvalue weighted by atomic mass is 16.6. The lowest BCUT2D eigenvalue weighted by Gasteiger charge is -2.30. The van der Waals surface area contributed by atoms with Crippen LogP contribution in [-0.2, 0) is 28.7 Å². The van der Waals surface area contributed by atoms with Crippen molar-refractivity contribution in [3.63, 3.8) is 0 Å². The average molecular weight is 495 g/mol. The molecule has 1 unspecified atom stereocenters. The lowest BCUT2D eigenvalue weighted by Crippen LogP contribution is -2.57. The normalized spacial score (nSPS) is 24.0. The standard InChI is InChI=1S/C25H42N4O6/c1-14(2)11-18(21(31)25(7)13-35-25)27-22(32)19(12-15(3)4)28-23(33)20-9-8-10-29(20)24(34)16(5)26-17(6)30/h14-16,18-20H,8-13H2,1-7H3,(H,26,30)(H,27,32)(H,28,33)/t16-,18-,19-,20-,25?/m0/s1. The summed E-state index contributed by atoms with van der Waals surface area (Å²) < 4.78 is 5.30. The molecule has 2 aliphatic heterocycles. The molecule has 198 valence electrons.